The Labute approximate surface area is 235 Å². The standard InChI is InChI=1S/C18H14N.C16H18N.Ir/c1-3-7-15(8-4-1)13-16-11-12-19-18(14-16)17-9-5-2-6-10-17;1-16(2,3)12-13-9-10-17-15(11-13)14-7-5-4-6-8-14;/h1-9,11-12,14H,13H2;4-7,9-11H,12H2,1-3H3;/q2*-1;. The quantitative estimate of drug-likeness (QED) is 0.178. The summed E-state index contributed by atoms with van der Waals surface area (Å²) in [6, 6.07) is 41.3. The van der Waals surface area contributed by atoms with Gasteiger partial charge in [-0.15, -0.1) is 71.8 Å². The van der Waals surface area contributed by atoms with Crippen LogP contribution in [0.25, 0.3) is 22.5 Å². The molecule has 37 heavy (non-hydrogen) atoms. The van der Waals surface area contributed by atoms with Gasteiger partial charge in [-0.05, 0) is 52.9 Å². The van der Waals surface area contributed by atoms with Gasteiger partial charge >= 0.3 is 0 Å². The molecule has 3 heteroatoms. The third kappa shape index (κ3) is 9.21. The third-order valence-corrected chi connectivity index (χ3v) is 5.60. The number of pyridine rings is 2. The molecule has 0 saturated heterocycles. The summed E-state index contributed by atoms with van der Waals surface area (Å²) in [5.41, 5.74) is 8.31. The van der Waals surface area contributed by atoms with Crippen molar-refractivity contribution >= 4 is 0 Å². The topological polar surface area (TPSA) is 25.8 Å². The van der Waals surface area contributed by atoms with E-state index < -0.39 is 0 Å². The van der Waals surface area contributed by atoms with Crippen LogP contribution in [0.15, 0.2) is 116 Å². The fourth-order valence-corrected chi connectivity index (χ4v) is 4.01. The van der Waals surface area contributed by atoms with Crippen LogP contribution in [0, 0.1) is 17.5 Å². The van der Waals surface area contributed by atoms with E-state index in [-0.39, 0.29) is 20.1 Å². The minimum Gasteiger partial charge on any atom is -0.305 e. The van der Waals surface area contributed by atoms with Crippen LogP contribution in [-0.2, 0) is 32.9 Å². The van der Waals surface area contributed by atoms with E-state index in [1.165, 1.54) is 16.7 Å². The van der Waals surface area contributed by atoms with Crippen molar-refractivity contribution in [2.24, 2.45) is 5.41 Å². The number of hydrogen-bond acceptors (Lipinski definition) is 2. The van der Waals surface area contributed by atoms with Gasteiger partial charge in [0.15, 0.2) is 0 Å². The Morgan fingerprint density at radius 2 is 1.11 bits per heavy atom. The van der Waals surface area contributed by atoms with E-state index in [1.54, 1.807) is 0 Å². The molecule has 2 aromatic heterocycles. The van der Waals surface area contributed by atoms with E-state index in [4.69, 9.17) is 0 Å². The Morgan fingerprint density at radius 3 is 1.62 bits per heavy atom. The van der Waals surface area contributed by atoms with Crippen LogP contribution in [0.2, 0.25) is 0 Å². The molecule has 0 aliphatic rings. The van der Waals surface area contributed by atoms with E-state index >= 15 is 0 Å². The first-order chi connectivity index (χ1) is 17.5. The zero-order valence-corrected chi connectivity index (χ0v) is 24.0. The predicted octanol–water partition coefficient (Wildman–Crippen LogP) is 8.27. The summed E-state index contributed by atoms with van der Waals surface area (Å²) in [7, 11) is 0. The van der Waals surface area contributed by atoms with Gasteiger partial charge in [0.05, 0.1) is 0 Å². The van der Waals surface area contributed by atoms with Gasteiger partial charge in [0, 0.05) is 32.5 Å². The summed E-state index contributed by atoms with van der Waals surface area (Å²) in [6.45, 7) is 6.76. The molecule has 0 aliphatic carbocycles. The number of nitrogens with zero attached hydrogens (tertiary/aromatic N) is 2. The number of hydrogen-bond donors (Lipinski definition) is 0. The average molecular weight is 661 g/mol. The maximum Gasteiger partial charge on any atom is 0.0163 e. The summed E-state index contributed by atoms with van der Waals surface area (Å²) in [5.74, 6) is 0. The SMILES string of the molecule is CC(C)(C)Cc1ccnc(-c2[c-]cccc2)c1.[Ir].[c-]1ccccc1-c1cc(Cc2ccccc2)ccn1. The molecule has 5 aromatic rings. The fourth-order valence-electron chi connectivity index (χ4n) is 4.01. The molecule has 1 radical (unpaired) electrons. The van der Waals surface area contributed by atoms with E-state index in [0.717, 1.165) is 35.4 Å². The normalized spacial score (nSPS) is 10.6. The summed E-state index contributed by atoms with van der Waals surface area (Å²) in [4.78, 5) is 8.83. The Hall–Kier alpha value is -3.39. The maximum absolute atomic E-state index is 4.42. The first-order valence-electron chi connectivity index (χ1n) is 12.3. The van der Waals surface area contributed by atoms with Crippen molar-refractivity contribution < 1.29 is 20.1 Å². The predicted molar refractivity (Wildman–Crippen MR) is 149 cm³/mol. The second kappa shape index (κ2) is 13.8. The Bertz CT molecular complexity index is 1350. The molecule has 2 nitrogen and oxygen atoms in total. The zero-order valence-electron chi connectivity index (χ0n) is 21.6. The maximum atomic E-state index is 4.42. The first-order valence-corrected chi connectivity index (χ1v) is 12.3. The Morgan fingerprint density at radius 1 is 0.595 bits per heavy atom. The van der Waals surface area contributed by atoms with Gasteiger partial charge in [-0.2, -0.15) is 0 Å². The van der Waals surface area contributed by atoms with Gasteiger partial charge < -0.3 is 9.97 Å². The second-order valence-corrected chi connectivity index (χ2v) is 10.1. The van der Waals surface area contributed by atoms with Crippen molar-refractivity contribution in [1.82, 2.24) is 9.97 Å². The van der Waals surface area contributed by atoms with Gasteiger partial charge in [-0.3, -0.25) is 0 Å². The Balaban J connectivity index is 0.000000201. The molecule has 0 spiro atoms. The molecular weight excluding hydrogens is 629 g/mol. The molecule has 5 rings (SSSR count). The van der Waals surface area contributed by atoms with Crippen LogP contribution in [0.4, 0.5) is 0 Å². The molecule has 0 amide bonds. The molecule has 0 saturated carbocycles. The van der Waals surface area contributed by atoms with Crippen LogP contribution < -0.4 is 0 Å². The fraction of sp³-hybridized carbons (Fsp3) is 0.176. The second-order valence-electron chi connectivity index (χ2n) is 10.1. The summed E-state index contributed by atoms with van der Waals surface area (Å²) in [5, 5.41) is 0. The largest absolute Gasteiger partial charge is 0.305 e. The van der Waals surface area contributed by atoms with Crippen molar-refractivity contribution in [2.75, 3.05) is 0 Å². The van der Waals surface area contributed by atoms with Crippen molar-refractivity contribution in [3.8, 4) is 22.5 Å². The number of aromatic nitrogens is 2. The molecule has 0 atom stereocenters. The average Bonchev–Trinajstić information content (AvgIpc) is 2.90. The molecule has 0 N–H and O–H groups in total. The Kier molecular flexibility index (Phi) is 10.5. The van der Waals surface area contributed by atoms with E-state index in [0.29, 0.717) is 5.41 Å². The van der Waals surface area contributed by atoms with Crippen LogP contribution >= 0.6 is 0 Å². The van der Waals surface area contributed by atoms with Crippen LogP contribution in [0.1, 0.15) is 37.5 Å². The van der Waals surface area contributed by atoms with Crippen LogP contribution in [-0.4, -0.2) is 9.97 Å². The molecule has 0 fully saturated rings. The van der Waals surface area contributed by atoms with Crippen molar-refractivity contribution in [1.29, 1.82) is 0 Å². The molecule has 0 aliphatic heterocycles. The van der Waals surface area contributed by atoms with Crippen molar-refractivity contribution in [3.05, 3.63) is 144 Å². The van der Waals surface area contributed by atoms with E-state index in [9.17, 15) is 0 Å². The van der Waals surface area contributed by atoms with Gasteiger partial charge in [-0.25, -0.2) is 0 Å². The molecule has 0 bridgehead atoms. The van der Waals surface area contributed by atoms with Gasteiger partial charge in [-0.1, -0.05) is 68.8 Å². The van der Waals surface area contributed by atoms with Crippen LogP contribution in [0.3, 0.4) is 0 Å². The van der Waals surface area contributed by atoms with Crippen LogP contribution in [0.5, 0.6) is 0 Å². The van der Waals surface area contributed by atoms with Gasteiger partial charge in [0.1, 0.15) is 0 Å². The molecule has 3 aromatic carbocycles. The van der Waals surface area contributed by atoms with Gasteiger partial charge in [0.2, 0.25) is 0 Å². The molecule has 0 unspecified atom stereocenters. The molecule has 2 heterocycles. The smallest absolute Gasteiger partial charge is 0.0163 e. The van der Waals surface area contributed by atoms with E-state index in [2.05, 4.69) is 91.4 Å². The zero-order chi connectivity index (χ0) is 25.2. The summed E-state index contributed by atoms with van der Waals surface area (Å²) in [6.07, 6.45) is 5.75. The van der Waals surface area contributed by atoms with Crippen molar-refractivity contribution in [2.45, 2.75) is 33.6 Å². The first kappa shape index (κ1) is 28.2. The minimum absolute atomic E-state index is 0. The molecule has 189 valence electrons. The summed E-state index contributed by atoms with van der Waals surface area (Å²) >= 11 is 0. The summed E-state index contributed by atoms with van der Waals surface area (Å²) < 4.78 is 0. The van der Waals surface area contributed by atoms with E-state index in [1.807, 2.05) is 67.0 Å². The third-order valence-electron chi connectivity index (χ3n) is 5.60. The number of rotatable bonds is 5. The number of benzene rings is 3. The molecular formula is C34H32IrN2-2. The van der Waals surface area contributed by atoms with Gasteiger partial charge in [0.25, 0.3) is 0 Å². The van der Waals surface area contributed by atoms with Crippen molar-refractivity contribution in [3.63, 3.8) is 0 Å². The minimum atomic E-state index is 0. The monoisotopic (exact) mass is 661 g/mol.